The molecule has 0 fully saturated rings. The molecule has 8 nitrogen and oxygen atoms in total. The number of aromatic amines is 1. The van der Waals surface area contributed by atoms with Crippen molar-refractivity contribution in [2.75, 3.05) is 12.4 Å². The highest BCUT2D eigenvalue weighted by molar-refractivity contribution is 8.13. The fourth-order valence-electron chi connectivity index (χ4n) is 1.88. The van der Waals surface area contributed by atoms with Gasteiger partial charge in [0.25, 0.3) is 5.56 Å². The molecule has 146 valence electrons. The molecular weight excluding hydrogens is 360 g/mol. The zero-order valence-corrected chi connectivity index (χ0v) is 16.4. The van der Waals surface area contributed by atoms with Gasteiger partial charge in [0.05, 0.1) is 18.1 Å². The Morgan fingerprint density at radius 3 is 2.54 bits per heavy atom. The summed E-state index contributed by atoms with van der Waals surface area (Å²) in [4.78, 5) is 47.8. The van der Waals surface area contributed by atoms with E-state index in [1.807, 2.05) is 0 Å². The predicted octanol–water partition coefficient (Wildman–Crippen LogP) is 1.53. The Kier molecular flexibility index (Phi) is 8.80. The Morgan fingerprint density at radius 2 is 1.96 bits per heavy atom. The Hall–Kier alpha value is -1.87. The number of carbonyl (C=O) groups excluding carboxylic acids is 2. The predicted molar refractivity (Wildman–Crippen MR) is 99.0 cm³/mol. The molecule has 0 radical (unpaired) electrons. The van der Waals surface area contributed by atoms with Crippen molar-refractivity contribution >= 4 is 22.8 Å². The molecule has 0 spiro atoms. The lowest BCUT2D eigenvalue weighted by Gasteiger charge is -2.20. The molecule has 0 aromatic carbocycles. The zero-order valence-electron chi connectivity index (χ0n) is 15.6. The van der Waals surface area contributed by atoms with Crippen molar-refractivity contribution in [1.29, 1.82) is 0 Å². The Bertz CT molecular complexity index is 719. The molecule has 1 rings (SSSR count). The number of ether oxygens (including phenoxy) is 2. The summed E-state index contributed by atoms with van der Waals surface area (Å²) in [6.45, 7) is 6.95. The van der Waals surface area contributed by atoms with Crippen molar-refractivity contribution < 1.29 is 19.1 Å². The van der Waals surface area contributed by atoms with Gasteiger partial charge in [-0.2, -0.15) is 0 Å². The summed E-state index contributed by atoms with van der Waals surface area (Å²) in [6.07, 6.45) is 2.06. The van der Waals surface area contributed by atoms with Crippen LogP contribution in [0.5, 0.6) is 0 Å². The van der Waals surface area contributed by atoms with E-state index < -0.39 is 16.7 Å². The lowest BCUT2D eigenvalue weighted by atomic mass is 9.97. The largest absolute Gasteiger partial charge is 0.465 e. The minimum absolute atomic E-state index is 0.0137. The molecule has 0 amide bonds. The van der Waals surface area contributed by atoms with Crippen LogP contribution in [0.25, 0.3) is 0 Å². The van der Waals surface area contributed by atoms with Crippen LogP contribution in [0.2, 0.25) is 0 Å². The number of carbonyl (C=O) groups is 2. The summed E-state index contributed by atoms with van der Waals surface area (Å²) in [6, 6.07) is 1.23. The molecule has 1 N–H and O–H groups in total. The second kappa shape index (κ2) is 10.3. The number of thioether (sulfide) groups is 1. The third-order valence-corrected chi connectivity index (χ3v) is 4.22. The van der Waals surface area contributed by atoms with Gasteiger partial charge in [0.2, 0.25) is 0 Å². The van der Waals surface area contributed by atoms with E-state index in [2.05, 4.69) is 4.98 Å². The molecule has 1 aromatic heterocycles. The number of esters is 1. The van der Waals surface area contributed by atoms with Crippen molar-refractivity contribution in [2.24, 2.45) is 5.41 Å². The first-order chi connectivity index (χ1) is 12.1. The molecule has 0 saturated heterocycles. The molecule has 1 atom stereocenters. The van der Waals surface area contributed by atoms with Gasteiger partial charge in [-0.1, -0.05) is 11.8 Å². The van der Waals surface area contributed by atoms with E-state index in [0.29, 0.717) is 18.6 Å². The number of nitrogens with zero attached hydrogens (tertiary/aromatic N) is 1. The molecular formula is C17H26N2O6S. The fraction of sp³-hybridized carbons (Fsp3) is 0.647. The summed E-state index contributed by atoms with van der Waals surface area (Å²) in [5.41, 5.74) is -1.62. The quantitative estimate of drug-likeness (QED) is 0.641. The van der Waals surface area contributed by atoms with Crippen LogP contribution in [0, 0.1) is 5.41 Å². The van der Waals surface area contributed by atoms with Crippen LogP contribution in [-0.4, -0.2) is 39.1 Å². The first kappa shape index (κ1) is 22.2. The number of H-pyrrole nitrogens is 1. The van der Waals surface area contributed by atoms with E-state index in [0.717, 1.165) is 0 Å². The van der Waals surface area contributed by atoms with Gasteiger partial charge in [0.15, 0.2) is 5.12 Å². The summed E-state index contributed by atoms with van der Waals surface area (Å²) in [7, 11) is 0. The van der Waals surface area contributed by atoms with E-state index in [1.165, 1.54) is 35.5 Å². The van der Waals surface area contributed by atoms with Crippen LogP contribution in [-0.2, 0) is 25.8 Å². The maximum atomic E-state index is 11.8. The molecule has 1 heterocycles. The Morgan fingerprint density at radius 1 is 1.27 bits per heavy atom. The van der Waals surface area contributed by atoms with Crippen molar-refractivity contribution in [2.45, 2.75) is 53.4 Å². The maximum absolute atomic E-state index is 11.8. The average Bonchev–Trinajstić information content (AvgIpc) is 2.52. The van der Waals surface area contributed by atoms with Crippen LogP contribution in [0.1, 0.15) is 40.5 Å². The highest BCUT2D eigenvalue weighted by Crippen LogP contribution is 2.16. The average molecular weight is 386 g/mol. The molecule has 0 unspecified atom stereocenters. The molecule has 9 heteroatoms. The second-order valence-corrected chi connectivity index (χ2v) is 8.07. The highest BCUT2D eigenvalue weighted by Gasteiger charge is 2.23. The van der Waals surface area contributed by atoms with Crippen molar-refractivity contribution in [3.05, 3.63) is 33.1 Å². The number of hydrogen-bond acceptors (Lipinski definition) is 7. The van der Waals surface area contributed by atoms with Gasteiger partial charge in [-0.3, -0.25) is 23.9 Å². The van der Waals surface area contributed by atoms with Crippen LogP contribution in [0.15, 0.2) is 21.9 Å². The number of aromatic nitrogens is 2. The standard InChI is InChI=1S/C17H26N2O6S/c1-12(20)26-10-7-13(6-9-24-15(22)17(2,3)4)25-11-19-8-5-14(21)18-16(19)23/h5,8,13H,6-7,9-11H2,1-4H3,(H,18,21,23)/t13-/m1/s1. The van der Waals surface area contributed by atoms with E-state index in [9.17, 15) is 19.2 Å². The summed E-state index contributed by atoms with van der Waals surface area (Å²) >= 11 is 1.19. The van der Waals surface area contributed by atoms with Crippen LogP contribution in [0.3, 0.4) is 0 Å². The Balaban J connectivity index is 2.59. The number of hydrogen-bond donors (Lipinski definition) is 1. The molecule has 0 aliphatic rings. The van der Waals surface area contributed by atoms with E-state index in [1.54, 1.807) is 20.8 Å². The molecule has 0 saturated carbocycles. The van der Waals surface area contributed by atoms with Crippen molar-refractivity contribution in [3.8, 4) is 0 Å². The maximum Gasteiger partial charge on any atom is 0.330 e. The first-order valence-electron chi connectivity index (χ1n) is 8.31. The van der Waals surface area contributed by atoms with E-state index in [-0.39, 0.29) is 30.5 Å². The van der Waals surface area contributed by atoms with Crippen LogP contribution >= 0.6 is 11.8 Å². The van der Waals surface area contributed by atoms with Gasteiger partial charge in [0.1, 0.15) is 6.73 Å². The van der Waals surface area contributed by atoms with Crippen molar-refractivity contribution in [1.82, 2.24) is 9.55 Å². The molecule has 1 aromatic rings. The SMILES string of the molecule is CC(=O)SCC[C@@H](CCOC(=O)C(C)(C)C)OCn1ccc(=O)[nH]c1=O. The lowest BCUT2D eigenvalue weighted by Crippen LogP contribution is -2.31. The summed E-state index contributed by atoms with van der Waals surface area (Å²) in [5, 5.41) is 0.0137. The molecule has 0 bridgehead atoms. The lowest BCUT2D eigenvalue weighted by molar-refractivity contribution is -0.154. The number of rotatable bonds is 9. The van der Waals surface area contributed by atoms with Gasteiger partial charge >= 0.3 is 11.7 Å². The Labute approximate surface area is 156 Å². The minimum atomic E-state index is -0.579. The monoisotopic (exact) mass is 386 g/mol. The first-order valence-corrected chi connectivity index (χ1v) is 9.30. The fourth-order valence-corrected chi connectivity index (χ4v) is 2.54. The minimum Gasteiger partial charge on any atom is -0.465 e. The van der Waals surface area contributed by atoms with Gasteiger partial charge < -0.3 is 9.47 Å². The van der Waals surface area contributed by atoms with Crippen LogP contribution < -0.4 is 11.2 Å². The summed E-state index contributed by atoms with van der Waals surface area (Å²) < 4.78 is 12.2. The third-order valence-electron chi connectivity index (χ3n) is 3.38. The highest BCUT2D eigenvalue weighted by atomic mass is 32.2. The van der Waals surface area contributed by atoms with Crippen molar-refractivity contribution in [3.63, 3.8) is 0 Å². The smallest absolute Gasteiger partial charge is 0.330 e. The molecule has 0 aliphatic carbocycles. The van der Waals surface area contributed by atoms with E-state index in [4.69, 9.17) is 9.47 Å². The summed E-state index contributed by atoms with van der Waals surface area (Å²) in [5.74, 6) is 0.263. The van der Waals surface area contributed by atoms with Gasteiger partial charge in [-0.25, -0.2) is 4.79 Å². The van der Waals surface area contributed by atoms with E-state index >= 15 is 0 Å². The van der Waals surface area contributed by atoms with Gasteiger partial charge in [0, 0.05) is 31.4 Å². The number of nitrogens with one attached hydrogen (secondary N) is 1. The normalized spacial score (nSPS) is 12.6. The van der Waals surface area contributed by atoms with Gasteiger partial charge in [-0.05, 0) is 27.2 Å². The topological polar surface area (TPSA) is 107 Å². The van der Waals surface area contributed by atoms with Crippen LogP contribution in [0.4, 0.5) is 0 Å². The molecule has 26 heavy (non-hydrogen) atoms. The molecule has 0 aliphatic heterocycles. The third kappa shape index (κ3) is 8.48. The zero-order chi connectivity index (χ0) is 19.7. The van der Waals surface area contributed by atoms with Gasteiger partial charge in [-0.15, -0.1) is 0 Å². The second-order valence-electron chi connectivity index (χ2n) is 6.80.